The SMILES string of the molecule is C=C(C=CC=C(CO)[C@H]1CC[C@@]2(C(CCCO)C(=C(C)C=O)CC[C@]2(O)CCNC)[C@@H]1O)CCC=C(C)CN[C@H](C)Cc1ccccc1. The molecule has 3 rings (SSSR count). The van der Waals surface area contributed by atoms with Crippen molar-refractivity contribution < 1.29 is 25.2 Å². The number of hydrogen-bond donors (Lipinski definition) is 6. The largest absolute Gasteiger partial charge is 0.396 e. The number of nitrogens with one attached hydrogen (secondary N) is 2. The molecule has 0 aliphatic heterocycles. The lowest BCUT2D eigenvalue weighted by molar-refractivity contribution is -0.180. The van der Waals surface area contributed by atoms with Crippen molar-refractivity contribution in [2.24, 2.45) is 17.3 Å². The van der Waals surface area contributed by atoms with Gasteiger partial charge in [-0.3, -0.25) is 4.79 Å². The highest BCUT2D eigenvalue weighted by atomic mass is 16.3. The maximum absolute atomic E-state index is 12.3. The summed E-state index contributed by atoms with van der Waals surface area (Å²) in [5.41, 5.74) is 3.95. The lowest BCUT2D eigenvalue weighted by Gasteiger charge is -2.57. The van der Waals surface area contributed by atoms with Crippen LogP contribution in [0.3, 0.4) is 0 Å². The molecule has 2 aliphatic rings. The van der Waals surface area contributed by atoms with Crippen LogP contribution in [0.2, 0.25) is 0 Å². The average molecular weight is 663 g/mol. The van der Waals surface area contributed by atoms with E-state index in [1.54, 1.807) is 0 Å². The molecule has 1 spiro atoms. The van der Waals surface area contributed by atoms with Gasteiger partial charge in [0, 0.05) is 30.5 Å². The summed E-state index contributed by atoms with van der Waals surface area (Å²) in [5, 5.41) is 51.6. The van der Waals surface area contributed by atoms with Crippen LogP contribution in [0.25, 0.3) is 0 Å². The third-order valence-corrected chi connectivity index (χ3v) is 11.0. The van der Waals surface area contributed by atoms with E-state index in [2.05, 4.69) is 61.4 Å². The van der Waals surface area contributed by atoms with E-state index in [-0.39, 0.29) is 25.0 Å². The van der Waals surface area contributed by atoms with E-state index in [1.165, 1.54) is 11.1 Å². The van der Waals surface area contributed by atoms with Gasteiger partial charge in [0.1, 0.15) is 6.29 Å². The molecule has 48 heavy (non-hydrogen) atoms. The number of hydrogen-bond acceptors (Lipinski definition) is 7. The molecule has 1 aromatic rings. The lowest BCUT2D eigenvalue weighted by atomic mass is 9.51. The smallest absolute Gasteiger partial charge is 0.145 e. The molecule has 0 heterocycles. The monoisotopic (exact) mass is 662 g/mol. The van der Waals surface area contributed by atoms with E-state index in [9.17, 15) is 25.2 Å². The van der Waals surface area contributed by atoms with Crippen LogP contribution in [-0.2, 0) is 11.2 Å². The van der Waals surface area contributed by atoms with E-state index in [0.29, 0.717) is 63.1 Å². The molecule has 2 fully saturated rings. The fraction of sp³-hybridized carbons (Fsp3) is 0.585. The Kier molecular flexibility index (Phi) is 16.2. The zero-order valence-corrected chi connectivity index (χ0v) is 29.9. The zero-order chi connectivity index (χ0) is 35.2. The summed E-state index contributed by atoms with van der Waals surface area (Å²) in [4.78, 5) is 11.9. The Bertz CT molecular complexity index is 1300. The molecule has 1 unspecified atom stereocenters. The van der Waals surface area contributed by atoms with Crippen LogP contribution in [0.5, 0.6) is 0 Å². The van der Waals surface area contributed by atoms with Gasteiger partial charge in [0.25, 0.3) is 0 Å². The van der Waals surface area contributed by atoms with Crippen molar-refractivity contribution in [3.63, 3.8) is 0 Å². The summed E-state index contributed by atoms with van der Waals surface area (Å²) < 4.78 is 0. The van der Waals surface area contributed by atoms with Crippen molar-refractivity contribution in [1.29, 1.82) is 0 Å². The Morgan fingerprint density at radius 2 is 1.92 bits per heavy atom. The molecule has 7 nitrogen and oxygen atoms in total. The quantitative estimate of drug-likeness (QED) is 0.0482. The minimum absolute atomic E-state index is 0.00511. The fourth-order valence-corrected chi connectivity index (χ4v) is 8.32. The van der Waals surface area contributed by atoms with Gasteiger partial charge >= 0.3 is 0 Å². The molecule has 6 N–H and O–H groups in total. The predicted octanol–water partition coefficient (Wildman–Crippen LogP) is 5.76. The second-order valence-electron chi connectivity index (χ2n) is 14.2. The van der Waals surface area contributed by atoms with Gasteiger partial charge in [0.15, 0.2) is 0 Å². The number of carbonyl (C=O) groups excluding carboxylic acids is 1. The van der Waals surface area contributed by atoms with Crippen LogP contribution >= 0.6 is 0 Å². The molecule has 0 radical (unpaired) electrons. The van der Waals surface area contributed by atoms with Crippen LogP contribution in [0.15, 0.2) is 89.1 Å². The number of allylic oxidation sites excluding steroid dienone is 7. The topological polar surface area (TPSA) is 122 Å². The van der Waals surface area contributed by atoms with E-state index < -0.39 is 17.1 Å². The van der Waals surface area contributed by atoms with Crippen LogP contribution in [-0.4, -0.2) is 77.8 Å². The van der Waals surface area contributed by atoms with Crippen molar-refractivity contribution in [3.05, 3.63) is 94.6 Å². The first-order chi connectivity index (χ1) is 23.1. The number of rotatable bonds is 19. The minimum Gasteiger partial charge on any atom is -0.396 e. The van der Waals surface area contributed by atoms with Crippen molar-refractivity contribution in [2.75, 3.05) is 33.4 Å². The van der Waals surface area contributed by atoms with Crippen molar-refractivity contribution in [3.8, 4) is 0 Å². The average Bonchev–Trinajstić information content (AvgIpc) is 3.43. The molecule has 0 aromatic heterocycles. The standard InChI is InChI=1S/C41H62N2O5/c1-30(12-9-14-31(2)27-43-33(4)26-34-15-7-6-8-16-34)13-10-17-35(29-46)37-20-22-41(39(37)47)38(18-11-25-44)36(32(3)28-45)19-21-40(41,48)23-24-42-5/h6-8,10,13-17,28,33,37-39,42-44,46-48H,1,9,11-12,18-27,29H2,2-5H3/t33-,37-,38?,39-,40+,41-/m1/s1. The van der Waals surface area contributed by atoms with Crippen LogP contribution in [0.4, 0.5) is 0 Å². The molecule has 0 amide bonds. The molecule has 2 aliphatic carbocycles. The van der Waals surface area contributed by atoms with Gasteiger partial charge in [-0.1, -0.05) is 77.9 Å². The van der Waals surface area contributed by atoms with Gasteiger partial charge in [-0.05, 0) is 121 Å². The zero-order valence-electron chi connectivity index (χ0n) is 29.9. The van der Waals surface area contributed by atoms with Crippen LogP contribution < -0.4 is 10.6 Å². The Balaban J connectivity index is 1.68. The Hall–Kier alpha value is -2.65. The molecule has 6 atom stereocenters. The van der Waals surface area contributed by atoms with Gasteiger partial charge in [-0.15, -0.1) is 0 Å². The normalized spacial score (nSPS) is 28.3. The Labute approximate surface area is 289 Å². The highest BCUT2D eigenvalue weighted by Gasteiger charge is 2.65. The second-order valence-corrected chi connectivity index (χ2v) is 14.2. The molecular weight excluding hydrogens is 600 g/mol. The number of carbonyl (C=O) groups is 1. The Morgan fingerprint density at radius 1 is 1.17 bits per heavy atom. The van der Waals surface area contributed by atoms with Gasteiger partial charge in [0.05, 0.1) is 18.3 Å². The van der Waals surface area contributed by atoms with E-state index in [4.69, 9.17) is 0 Å². The summed E-state index contributed by atoms with van der Waals surface area (Å²) in [6.45, 7) is 11.7. The summed E-state index contributed by atoms with van der Waals surface area (Å²) >= 11 is 0. The third kappa shape index (κ3) is 9.96. The summed E-state index contributed by atoms with van der Waals surface area (Å²) in [6, 6.07) is 10.9. The van der Waals surface area contributed by atoms with E-state index in [0.717, 1.165) is 48.8 Å². The first kappa shape index (κ1) is 39.8. The summed E-state index contributed by atoms with van der Waals surface area (Å²) in [5.74, 6) is -0.566. The molecule has 266 valence electrons. The minimum atomic E-state index is -1.15. The molecule has 0 saturated heterocycles. The number of aliphatic hydroxyl groups excluding tert-OH is 3. The molecule has 1 aromatic carbocycles. The van der Waals surface area contributed by atoms with Crippen molar-refractivity contribution in [1.82, 2.24) is 10.6 Å². The molecule has 7 heteroatoms. The van der Waals surface area contributed by atoms with Gasteiger partial charge in [-0.2, -0.15) is 0 Å². The van der Waals surface area contributed by atoms with Crippen molar-refractivity contribution >= 4 is 6.29 Å². The van der Waals surface area contributed by atoms with Crippen molar-refractivity contribution in [2.45, 2.75) is 103 Å². The molecular formula is C41H62N2O5. The lowest BCUT2D eigenvalue weighted by Crippen LogP contribution is -2.61. The number of benzene rings is 1. The number of aliphatic hydroxyl groups is 4. The predicted molar refractivity (Wildman–Crippen MR) is 197 cm³/mol. The second kappa shape index (κ2) is 19.5. The highest BCUT2D eigenvalue weighted by Crippen LogP contribution is 2.63. The summed E-state index contributed by atoms with van der Waals surface area (Å²) in [7, 11) is 1.86. The first-order valence-electron chi connectivity index (χ1n) is 18.0. The third-order valence-electron chi connectivity index (χ3n) is 11.0. The Morgan fingerprint density at radius 3 is 2.58 bits per heavy atom. The molecule has 0 bridgehead atoms. The maximum Gasteiger partial charge on any atom is 0.145 e. The first-order valence-corrected chi connectivity index (χ1v) is 18.0. The molecule has 2 saturated carbocycles. The van der Waals surface area contributed by atoms with Gasteiger partial charge in [0.2, 0.25) is 0 Å². The van der Waals surface area contributed by atoms with E-state index >= 15 is 0 Å². The summed E-state index contributed by atoms with van der Waals surface area (Å²) in [6.07, 6.45) is 14.5. The highest BCUT2D eigenvalue weighted by molar-refractivity contribution is 5.74. The van der Waals surface area contributed by atoms with E-state index in [1.807, 2.05) is 38.3 Å². The van der Waals surface area contributed by atoms with Crippen LogP contribution in [0, 0.1) is 17.3 Å². The van der Waals surface area contributed by atoms with Gasteiger partial charge < -0.3 is 31.1 Å². The maximum atomic E-state index is 12.3. The fourth-order valence-electron chi connectivity index (χ4n) is 8.32. The van der Waals surface area contributed by atoms with Gasteiger partial charge in [-0.25, -0.2) is 0 Å². The number of aldehydes is 1. The van der Waals surface area contributed by atoms with Crippen LogP contribution in [0.1, 0.15) is 84.1 Å².